The van der Waals surface area contributed by atoms with Gasteiger partial charge in [0.25, 0.3) is 0 Å². The maximum absolute atomic E-state index is 12.0. The normalized spacial score (nSPS) is 15.2. The highest BCUT2D eigenvalue weighted by molar-refractivity contribution is 7.23. The van der Waals surface area contributed by atoms with E-state index in [0.29, 0.717) is 5.69 Å². The van der Waals surface area contributed by atoms with Gasteiger partial charge in [-0.3, -0.25) is 9.20 Å². The second kappa shape index (κ2) is 3.81. The van der Waals surface area contributed by atoms with Crippen molar-refractivity contribution in [3.05, 3.63) is 30.1 Å². The summed E-state index contributed by atoms with van der Waals surface area (Å²) in [5.74, 6) is 1.25. The van der Waals surface area contributed by atoms with Gasteiger partial charge in [0.2, 0.25) is 0 Å². The van der Waals surface area contributed by atoms with Crippen LogP contribution in [-0.2, 0) is 0 Å². The van der Waals surface area contributed by atoms with Gasteiger partial charge in [0.1, 0.15) is 11.4 Å². The first kappa shape index (κ1) is 11.0. The first-order chi connectivity index (χ1) is 9.26. The van der Waals surface area contributed by atoms with Crippen LogP contribution in [0.3, 0.4) is 0 Å². The third kappa shape index (κ3) is 1.65. The lowest BCUT2D eigenvalue weighted by Crippen LogP contribution is -2.00. The second-order valence-corrected chi connectivity index (χ2v) is 5.86. The Morgan fingerprint density at radius 1 is 1.47 bits per heavy atom. The molecule has 0 aliphatic heterocycles. The van der Waals surface area contributed by atoms with E-state index in [1.165, 1.54) is 0 Å². The van der Waals surface area contributed by atoms with Gasteiger partial charge in [0.15, 0.2) is 10.7 Å². The number of hydrogen-bond acceptors (Lipinski definition) is 4. The monoisotopic (exact) mass is 272 g/mol. The Morgan fingerprint density at radius 3 is 3.05 bits per heavy atom. The van der Waals surface area contributed by atoms with Gasteiger partial charge in [-0.25, -0.2) is 4.98 Å². The van der Waals surface area contributed by atoms with Gasteiger partial charge in [0, 0.05) is 12.1 Å². The summed E-state index contributed by atoms with van der Waals surface area (Å²) < 4.78 is 8.33. The van der Waals surface area contributed by atoms with Crippen molar-refractivity contribution in [2.75, 3.05) is 7.11 Å². The smallest absolute Gasteiger partial charge is 0.195 e. The Bertz CT molecular complexity index is 798. The molecule has 3 aromatic rings. The van der Waals surface area contributed by atoms with Gasteiger partial charge in [0.05, 0.1) is 17.3 Å². The number of thiazole rings is 1. The average Bonchev–Trinajstić information content (AvgIpc) is 3.10. The molecule has 0 bridgehead atoms. The van der Waals surface area contributed by atoms with E-state index < -0.39 is 0 Å². The molecule has 0 N–H and O–H groups in total. The summed E-state index contributed by atoms with van der Waals surface area (Å²) >= 11 is 1.58. The van der Waals surface area contributed by atoms with Crippen LogP contribution >= 0.6 is 11.3 Å². The summed E-state index contributed by atoms with van der Waals surface area (Å²) in [6.45, 7) is 0. The van der Waals surface area contributed by atoms with E-state index in [9.17, 15) is 4.79 Å². The van der Waals surface area contributed by atoms with Crippen molar-refractivity contribution in [2.45, 2.75) is 12.8 Å². The highest BCUT2D eigenvalue weighted by atomic mass is 32.1. The van der Waals surface area contributed by atoms with Crippen LogP contribution < -0.4 is 4.74 Å². The Labute approximate surface area is 113 Å². The molecule has 0 saturated heterocycles. The second-order valence-electron chi connectivity index (χ2n) is 4.85. The number of imidazole rings is 1. The summed E-state index contributed by atoms with van der Waals surface area (Å²) in [4.78, 5) is 17.3. The first-order valence-corrected chi connectivity index (χ1v) is 7.08. The Kier molecular flexibility index (Phi) is 2.20. The molecule has 0 unspecified atom stereocenters. The minimum Gasteiger partial charge on any atom is -0.497 e. The molecule has 1 aliphatic rings. The van der Waals surface area contributed by atoms with Gasteiger partial charge >= 0.3 is 0 Å². The largest absolute Gasteiger partial charge is 0.497 e. The predicted octanol–water partition coefficient (Wildman–Crippen LogP) is 3.15. The van der Waals surface area contributed by atoms with Gasteiger partial charge in [-0.1, -0.05) is 11.3 Å². The molecular weight excluding hydrogens is 260 g/mol. The van der Waals surface area contributed by atoms with Crippen LogP contribution in [0.25, 0.3) is 15.2 Å². The molecular formula is C14H12N2O2S. The van der Waals surface area contributed by atoms with Crippen molar-refractivity contribution in [2.24, 2.45) is 5.92 Å². The zero-order valence-electron chi connectivity index (χ0n) is 10.4. The molecule has 4 nitrogen and oxygen atoms in total. The van der Waals surface area contributed by atoms with Crippen LogP contribution in [0.1, 0.15) is 23.3 Å². The highest BCUT2D eigenvalue weighted by Gasteiger charge is 2.32. The summed E-state index contributed by atoms with van der Waals surface area (Å²) in [5.41, 5.74) is 1.68. The maximum Gasteiger partial charge on any atom is 0.195 e. The number of carbonyl (C=O) groups excluding carboxylic acids is 1. The number of carbonyl (C=O) groups is 1. The number of nitrogens with zero attached hydrogens (tertiary/aromatic N) is 2. The molecule has 2 heterocycles. The van der Waals surface area contributed by atoms with E-state index in [2.05, 4.69) is 4.98 Å². The standard InChI is InChI=1S/C14H12N2O2S/c1-18-9-4-5-11-12(6-9)19-14-15-10(7-16(11)14)13(17)8-2-3-8/h4-8H,2-3H2,1H3. The quantitative estimate of drug-likeness (QED) is 0.688. The zero-order chi connectivity index (χ0) is 13.0. The third-order valence-electron chi connectivity index (χ3n) is 3.50. The van der Waals surface area contributed by atoms with E-state index in [1.54, 1.807) is 18.4 Å². The molecule has 1 aromatic carbocycles. The fraction of sp³-hybridized carbons (Fsp3) is 0.286. The molecule has 1 aliphatic carbocycles. The van der Waals surface area contributed by atoms with Crippen molar-refractivity contribution in [3.8, 4) is 5.75 Å². The van der Waals surface area contributed by atoms with Crippen LogP contribution in [0, 0.1) is 5.92 Å². The molecule has 19 heavy (non-hydrogen) atoms. The fourth-order valence-corrected chi connectivity index (χ4v) is 3.32. The van der Waals surface area contributed by atoms with E-state index in [1.807, 2.05) is 28.8 Å². The van der Waals surface area contributed by atoms with Gasteiger partial charge < -0.3 is 4.74 Å². The lowest BCUT2D eigenvalue weighted by Gasteiger charge is -1.98. The van der Waals surface area contributed by atoms with Gasteiger partial charge in [-0.05, 0) is 31.0 Å². The molecule has 0 atom stereocenters. The predicted molar refractivity (Wildman–Crippen MR) is 74.2 cm³/mol. The number of rotatable bonds is 3. The maximum atomic E-state index is 12.0. The summed E-state index contributed by atoms with van der Waals surface area (Å²) in [6, 6.07) is 5.93. The van der Waals surface area contributed by atoms with E-state index in [4.69, 9.17) is 4.74 Å². The molecule has 0 spiro atoms. The third-order valence-corrected chi connectivity index (χ3v) is 4.52. The molecule has 0 radical (unpaired) electrons. The van der Waals surface area contributed by atoms with Crippen molar-refractivity contribution >= 4 is 32.3 Å². The fourth-order valence-electron chi connectivity index (χ4n) is 2.28. The lowest BCUT2D eigenvalue weighted by atomic mass is 10.2. The van der Waals surface area contributed by atoms with Crippen LogP contribution in [0.2, 0.25) is 0 Å². The van der Waals surface area contributed by atoms with Crippen molar-refractivity contribution in [1.82, 2.24) is 9.38 Å². The van der Waals surface area contributed by atoms with Crippen LogP contribution in [0.4, 0.5) is 0 Å². The SMILES string of the molecule is COc1ccc2c(c1)sc1nc(C(=O)C3CC3)cn12. The number of methoxy groups -OCH3 is 1. The molecule has 1 fully saturated rings. The molecule has 0 amide bonds. The summed E-state index contributed by atoms with van der Waals surface area (Å²) in [7, 11) is 1.66. The van der Waals surface area contributed by atoms with E-state index in [-0.39, 0.29) is 11.7 Å². The number of aromatic nitrogens is 2. The zero-order valence-corrected chi connectivity index (χ0v) is 11.2. The van der Waals surface area contributed by atoms with E-state index >= 15 is 0 Å². The van der Waals surface area contributed by atoms with Crippen molar-refractivity contribution < 1.29 is 9.53 Å². The molecule has 4 rings (SSSR count). The molecule has 5 heteroatoms. The van der Waals surface area contributed by atoms with Gasteiger partial charge in [-0.15, -0.1) is 0 Å². The Hall–Kier alpha value is -1.88. The van der Waals surface area contributed by atoms with Crippen LogP contribution in [0.15, 0.2) is 24.4 Å². The summed E-state index contributed by atoms with van der Waals surface area (Å²) in [6.07, 6.45) is 3.89. The number of ether oxygens (including phenoxy) is 1. The average molecular weight is 272 g/mol. The number of hydrogen-bond donors (Lipinski definition) is 0. The minimum absolute atomic E-state index is 0.192. The van der Waals surface area contributed by atoms with E-state index in [0.717, 1.165) is 33.8 Å². The van der Waals surface area contributed by atoms with Crippen molar-refractivity contribution in [1.29, 1.82) is 0 Å². The molecule has 2 aromatic heterocycles. The van der Waals surface area contributed by atoms with Crippen LogP contribution in [-0.4, -0.2) is 22.3 Å². The number of benzene rings is 1. The number of ketones is 1. The van der Waals surface area contributed by atoms with Gasteiger partial charge in [-0.2, -0.15) is 0 Å². The van der Waals surface area contributed by atoms with Crippen molar-refractivity contribution in [3.63, 3.8) is 0 Å². The first-order valence-electron chi connectivity index (χ1n) is 6.26. The molecule has 96 valence electrons. The Balaban J connectivity index is 1.88. The number of fused-ring (bicyclic) bond motifs is 3. The lowest BCUT2D eigenvalue weighted by molar-refractivity contribution is 0.0963. The topological polar surface area (TPSA) is 43.6 Å². The number of Topliss-reactive ketones (excluding diaryl/α,β-unsaturated/α-hetero) is 1. The minimum atomic E-state index is 0.192. The molecule has 1 saturated carbocycles. The highest BCUT2D eigenvalue weighted by Crippen LogP contribution is 2.34. The van der Waals surface area contributed by atoms with Crippen LogP contribution in [0.5, 0.6) is 5.75 Å². The summed E-state index contributed by atoms with van der Waals surface area (Å²) in [5, 5.41) is 0. The Morgan fingerprint density at radius 2 is 2.32 bits per heavy atom.